The summed E-state index contributed by atoms with van der Waals surface area (Å²) < 4.78 is 10.6. The van der Waals surface area contributed by atoms with Gasteiger partial charge in [0.15, 0.2) is 0 Å². The van der Waals surface area contributed by atoms with Crippen LogP contribution in [0.4, 0.5) is 0 Å². The lowest BCUT2D eigenvalue weighted by Crippen LogP contribution is -2.49. The minimum Gasteiger partial charge on any atom is -0.548 e. The van der Waals surface area contributed by atoms with Crippen molar-refractivity contribution in [3.05, 3.63) is 28.7 Å². The van der Waals surface area contributed by atoms with E-state index in [2.05, 4.69) is 0 Å². The minimum absolute atomic E-state index is 0.203. The fourth-order valence-electron chi connectivity index (χ4n) is 2.28. The van der Waals surface area contributed by atoms with Crippen LogP contribution in [-0.4, -0.2) is 41.4 Å². The summed E-state index contributed by atoms with van der Waals surface area (Å²) in [5.74, 6) is -0.609. The van der Waals surface area contributed by atoms with Gasteiger partial charge < -0.3 is 19.4 Å². The fourth-order valence-corrected chi connectivity index (χ4v) is 3.63. The van der Waals surface area contributed by atoms with Crippen LogP contribution < -0.4 is 14.6 Å². The predicted octanol–water partition coefficient (Wildman–Crippen LogP) is 1.43. The Morgan fingerprint density at radius 3 is 2.67 bits per heavy atom. The van der Waals surface area contributed by atoms with Crippen molar-refractivity contribution in [3.8, 4) is 11.5 Å². The van der Waals surface area contributed by atoms with E-state index in [1.54, 1.807) is 38.3 Å². The van der Waals surface area contributed by atoms with E-state index in [1.807, 2.05) is 0 Å². The fraction of sp³-hybridized carbons (Fsp3) is 0.312. The number of carboxylic acid groups (broad SMARTS) is 1. The number of carbonyl (C=O) groups excluding carboxylic acids is 2. The smallest absolute Gasteiger partial charge is 0.266 e. The third-order valence-corrected chi connectivity index (χ3v) is 4.85. The summed E-state index contributed by atoms with van der Waals surface area (Å²) in [4.78, 5) is 25.2. The van der Waals surface area contributed by atoms with Gasteiger partial charge in [-0.05, 0) is 24.6 Å². The lowest BCUT2D eigenvalue weighted by Gasteiger charge is -2.26. The zero-order valence-corrected chi connectivity index (χ0v) is 15.0. The van der Waals surface area contributed by atoms with Crippen LogP contribution in [0.15, 0.2) is 23.1 Å². The molecule has 1 aliphatic rings. The first kappa shape index (κ1) is 18.3. The number of hydrogen-bond acceptors (Lipinski definition) is 7. The average molecular weight is 366 g/mol. The van der Waals surface area contributed by atoms with Gasteiger partial charge in [0.25, 0.3) is 5.91 Å². The molecule has 1 amide bonds. The molecule has 1 aliphatic heterocycles. The second kappa shape index (κ2) is 7.67. The summed E-state index contributed by atoms with van der Waals surface area (Å²) in [5, 5.41) is 11.2. The highest BCUT2D eigenvalue weighted by Crippen LogP contribution is 2.36. The number of carboxylic acids is 1. The number of thioether (sulfide) groups is 1. The second-order valence-electron chi connectivity index (χ2n) is 4.90. The quantitative estimate of drug-likeness (QED) is 0.557. The van der Waals surface area contributed by atoms with E-state index in [9.17, 15) is 14.7 Å². The molecule has 8 heteroatoms. The summed E-state index contributed by atoms with van der Waals surface area (Å²) in [6.45, 7) is 1.66. The molecule has 0 spiro atoms. The molecule has 1 atom stereocenters. The molecular weight excluding hydrogens is 350 g/mol. The number of carbonyl (C=O) groups is 2. The Labute approximate surface area is 149 Å². The Morgan fingerprint density at radius 1 is 1.42 bits per heavy atom. The van der Waals surface area contributed by atoms with Crippen molar-refractivity contribution >= 4 is 46.3 Å². The van der Waals surface area contributed by atoms with Gasteiger partial charge in [0.2, 0.25) is 0 Å². The van der Waals surface area contributed by atoms with Gasteiger partial charge in [-0.3, -0.25) is 9.69 Å². The molecule has 6 nitrogen and oxygen atoms in total. The van der Waals surface area contributed by atoms with Crippen molar-refractivity contribution in [3.63, 3.8) is 0 Å². The van der Waals surface area contributed by atoms with Crippen molar-refractivity contribution < 1.29 is 24.2 Å². The number of ether oxygens (including phenoxy) is 2. The largest absolute Gasteiger partial charge is 0.548 e. The maximum Gasteiger partial charge on any atom is 0.266 e. The van der Waals surface area contributed by atoms with E-state index in [0.29, 0.717) is 22.0 Å². The van der Waals surface area contributed by atoms with Gasteiger partial charge in [-0.1, -0.05) is 30.9 Å². The number of thiocarbonyl (C=S) groups is 1. The molecule has 0 radical (unpaired) electrons. The monoisotopic (exact) mass is 366 g/mol. The van der Waals surface area contributed by atoms with Crippen LogP contribution in [0.2, 0.25) is 0 Å². The molecule has 1 aromatic carbocycles. The van der Waals surface area contributed by atoms with Crippen LogP contribution in [0.1, 0.15) is 18.9 Å². The van der Waals surface area contributed by atoms with Gasteiger partial charge >= 0.3 is 0 Å². The SMILES string of the molecule is CC[C@@H](C(=O)[O-])N1C(=O)/C(=C\c2ccc(OC)cc2OC)SC1=S. The minimum atomic E-state index is -1.32. The molecule has 1 heterocycles. The Balaban J connectivity index is 2.37. The summed E-state index contributed by atoms with van der Waals surface area (Å²) >= 11 is 6.22. The molecule has 1 fully saturated rings. The first-order valence-corrected chi connectivity index (χ1v) is 8.35. The van der Waals surface area contributed by atoms with Crippen molar-refractivity contribution in [2.24, 2.45) is 0 Å². The van der Waals surface area contributed by atoms with Crippen molar-refractivity contribution in [1.82, 2.24) is 4.90 Å². The van der Waals surface area contributed by atoms with Gasteiger partial charge in [0.1, 0.15) is 15.8 Å². The Morgan fingerprint density at radius 2 is 2.12 bits per heavy atom. The molecule has 1 aromatic rings. The highest BCUT2D eigenvalue weighted by atomic mass is 32.2. The Hall–Kier alpha value is -2.06. The molecule has 0 bridgehead atoms. The lowest BCUT2D eigenvalue weighted by molar-refractivity contribution is -0.310. The first-order valence-electron chi connectivity index (χ1n) is 7.12. The van der Waals surface area contributed by atoms with E-state index in [0.717, 1.165) is 16.7 Å². The number of benzene rings is 1. The van der Waals surface area contributed by atoms with Crippen LogP contribution in [0.5, 0.6) is 11.5 Å². The molecule has 0 aliphatic carbocycles. The summed E-state index contributed by atoms with van der Waals surface area (Å²) in [6.07, 6.45) is 1.84. The normalized spacial score (nSPS) is 17.3. The number of nitrogens with zero attached hydrogens (tertiary/aromatic N) is 1. The van der Waals surface area contributed by atoms with Crippen LogP contribution in [-0.2, 0) is 9.59 Å². The molecule has 0 saturated carbocycles. The molecule has 128 valence electrons. The summed E-state index contributed by atoms with van der Waals surface area (Å²) in [5.41, 5.74) is 0.667. The van der Waals surface area contributed by atoms with Gasteiger partial charge in [0, 0.05) is 11.6 Å². The number of aliphatic carboxylic acids is 1. The Bertz CT molecular complexity index is 716. The van der Waals surface area contributed by atoms with Gasteiger partial charge in [-0.15, -0.1) is 0 Å². The van der Waals surface area contributed by atoms with Crippen LogP contribution in [0.3, 0.4) is 0 Å². The third-order valence-electron chi connectivity index (χ3n) is 3.52. The highest BCUT2D eigenvalue weighted by Gasteiger charge is 2.37. The summed E-state index contributed by atoms with van der Waals surface area (Å²) in [6, 6.07) is 4.12. The zero-order valence-electron chi connectivity index (χ0n) is 13.4. The van der Waals surface area contributed by atoms with Gasteiger partial charge in [0.05, 0.1) is 31.1 Å². The standard InChI is InChI=1S/C16H17NO5S2/c1-4-11(15(19)20)17-14(18)13(24-16(17)23)7-9-5-6-10(21-2)8-12(9)22-3/h5-8,11H,4H2,1-3H3,(H,19,20)/p-1/b13-7+/t11-/m0/s1. The molecular formula is C16H16NO5S2-. The molecule has 2 rings (SSSR count). The van der Waals surface area contributed by atoms with E-state index in [4.69, 9.17) is 21.7 Å². The zero-order chi connectivity index (χ0) is 17.9. The molecule has 1 saturated heterocycles. The van der Waals surface area contributed by atoms with E-state index in [1.165, 1.54) is 7.11 Å². The first-order chi connectivity index (χ1) is 11.4. The van der Waals surface area contributed by atoms with Gasteiger partial charge in [-0.25, -0.2) is 0 Å². The van der Waals surface area contributed by atoms with E-state index in [-0.39, 0.29) is 10.7 Å². The molecule has 0 unspecified atom stereocenters. The maximum atomic E-state index is 12.5. The molecule has 24 heavy (non-hydrogen) atoms. The maximum absolute atomic E-state index is 12.5. The van der Waals surface area contributed by atoms with Gasteiger partial charge in [-0.2, -0.15) is 0 Å². The van der Waals surface area contributed by atoms with E-state index >= 15 is 0 Å². The van der Waals surface area contributed by atoms with Crippen molar-refractivity contribution in [2.45, 2.75) is 19.4 Å². The highest BCUT2D eigenvalue weighted by molar-refractivity contribution is 8.26. The number of hydrogen-bond donors (Lipinski definition) is 0. The second-order valence-corrected chi connectivity index (χ2v) is 6.58. The number of methoxy groups -OCH3 is 2. The Kier molecular flexibility index (Phi) is 5.84. The van der Waals surface area contributed by atoms with Crippen LogP contribution in [0, 0.1) is 0 Å². The van der Waals surface area contributed by atoms with Crippen molar-refractivity contribution in [1.29, 1.82) is 0 Å². The molecule has 0 N–H and O–H groups in total. The summed E-state index contributed by atoms with van der Waals surface area (Å²) in [7, 11) is 3.06. The number of rotatable bonds is 6. The van der Waals surface area contributed by atoms with E-state index < -0.39 is 17.9 Å². The topological polar surface area (TPSA) is 78.9 Å². The third kappa shape index (κ3) is 3.54. The average Bonchev–Trinajstić information content (AvgIpc) is 2.83. The molecule has 0 aromatic heterocycles. The van der Waals surface area contributed by atoms with Crippen LogP contribution in [0.25, 0.3) is 6.08 Å². The number of amides is 1. The lowest BCUT2D eigenvalue weighted by atomic mass is 10.1. The van der Waals surface area contributed by atoms with Crippen LogP contribution >= 0.6 is 24.0 Å². The van der Waals surface area contributed by atoms with Crippen molar-refractivity contribution in [2.75, 3.05) is 14.2 Å². The predicted molar refractivity (Wildman–Crippen MR) is 93.6 cm³/mol.